The lowest BCUT2D eigenvalue weighted by atomic mass is 9.80. The number of hydrogen-bond acceptors (Lipinski definition) is 2. The molecule has 27 heavy (non-hydrogen) atoms. The van der Waals surface area contributed by atoms with Crippen molar-refractivity contribution >= 4 is 11.8 Å². The summed E-state index contributed by atoms with van der Waals surface area (Å²) in [6.45, 7) is 7.67. The summed E-state index contributed by atoms with van der Waals surface area (Å²) in [4.78, 5) is 30.1. The summed E-state index contributed by atoms with van der Waals surface area (Å²) in [7, 11) is 0. The van der Waals surface area contributed by atoms with Crippen LogP contribution in [-0.2, 0) is 9.59 Å². The average molecular weight is 377 g/mol. The lowest BCUT2D eigenvalue weighted by Gasteiger charge is -2.32. The maximum Gasteiger partial charge on any atom is 0.225 e. The van der Waals surface area contributed by atoms with Crippen LogP contribution in [0.1, 0.15) is 84.5 Å². The molecule has 0 bridgehead atoms. The van der Waals surface area contributed by atoms with Gasteiger partial charge >= 0.3 is 0 Å². The molecule has 0 atom stereocenters. The van der Waals surface area contributed by atoms with Crippen molar-refractivity contribution in [3.8, 4) is 0 Å². The van der Waals surface area contributed by atoms with Gasteiger partial charge in [-0.25, -0.2) is 0 Å². The Bertz CT molecular complexity index is 447. The van der Waals surface area contributed by atoms with Crippen molar-refractivity contribution < 1.29 is 9.59 Å². The second-order valence-corrected chi connectivity index (χ2v) is 9.26. The minimum atomic E-state index is 0.236. The first-order chi connectivity index (χ1) is 13.1. The van der Waals surface area contributed by atoms with Crippen molar-refractivity contribution in [2.24, 2.45) is 23.7 Å². The molecule has 2 aliphatic carbocycles. The summed E-state index contributed by atoms with van der Waals surface area (Å²) in [5, 5.41) is 0. The lowest BCUT2D eigenvalue weighted by Crippen LogP contribution is -2.42. The van der Waals surface area contributed by atoms with Gasteiger partial charge in [-0.3, -0.25) is 9.59 Å². The van der Waals surface area contributed by atoms with Crippen LogP contribution >= 0.6 is 0 Å². The molecule has 3 fully saturated rings. The zero-order valence-corrected chi connectivity index (χ0v) is 17.6. The van der Waals surface area contributed by atoms with Crippen LogP contribution < -0.4 is 0 Å². The molecule has 4 nitrogen and oxygen atoms in total. The average Bonchev–Trinajstić information content (AvgIpc) is 2.99. The van der Waals surface area contributed by atoms with Crippen molar-refractivity contribution in [1.82, 2.24) is 9.80 Å². The molecular formula is C23H40N2O2. The van der Waals surface area contributed by atoms with Gasteiger partial charge in [0.2, 0.25) is 11.8 Å². The molecule has 2 amide bonds. The second-order valence-electron chi connectivity index (χ2n) is 9.26. The first-order valence-corrected chi connectivity index (χ1v) is 11.7. The zero-order valence-electron chi connectivity index (χ0n) is 17.6. The number of carbonyl (C=O) groups is 2. The van der Waals surface area contributed by atoms with Crippen molar-refractivity contribution in [1.29, 1.82) is 0 Å². The molecule has 3 rings (SSSR count). The standard InChI is InChI=1S/C23H40N2O2/c1-3-18-6-10-20(11-7-18)22(26)24-14-5-15-25(17-16-24)23(27)21-12-8-19(4-2)9-13-21/h18-21H,3-17H2,1-2H3. The minimum absolute atomic E-state index is 0.236. The van der Waals surface area contributed by atoms with Crippen LogP contribution in [0.25, 0.3) is 0 Å². The Morgan fingerprint density at radius 1 is 0.630 bits per heavy atom. The molecule has 0 radical (unpaired) electrons. The van der Waals surface area contributed by atoms with E-state index in [9.17, 15) is 9.59 Å². The van der Waals surface area contributed by atoms with Gasteiger partial charge in [-0.05, 0) is 69.6 Å². The number of carbonyl (C=O) groups excluding carboxylic acids is 2. The van der Waals surface area contributed by atoms with E-state index in [1.54, 1.807) is 0 Å². The Hall–Kier alpha value is -1.06. The zero-order chi connectivity index (χ0) is 19.2. The molecule has 0 aromatic rings. The first-order valence-electron chi connectivity index (χ1n) is 11.7. The fraction of sp³-hybridized carbons (Fsp3) is 0.913. The van der Waals surface area contributed by atoms with E-state index in [1.807, 2.05) is 0 Å². The summed E-state index contributed by atoms with van der Waals surface area (Å²) in [5.41, 5.74) is 0. The van der Waals surface area contributed by atoms with Crippen molar-refractivity contribution in [3.63, 3.8) is 0 Å². The molecule has 2 saturated carbocycles. The fourth-order valence-corrected chi connectivity index (χ4v) is 5.51. The summed E-state index contributed by atoms with van der Waals surface area (Å²) >= 11 is 0. The van der Waals surface area contributed by atoms with Gasteiger partial charge in [-0.1, -0.05) is 26.7 Å². The highest BCUT2D eigenvalue weighted by molar-refractivity contribution is 5.80. The van der Waals surface area contributed by atoms with E-state index in [4.69, 9.17) is 0 Å². The maximum absolute atomic E-state index is 13.0. The molecular weight excluding hydrogens is 336 g/mol. The largest absolute Gasteiger partial charge is 0.341 e. The van der Waals surface area contributed by atoms with Crippen LogP contribution in [0.3, 0.4) is 0 Å². The van der Waals surface area contributed by atoms with Crippen LogP contribution in [0.2, 0.25) is 0 Å². The van der Waals surface area contributed by atoms with Crippen molar-refractivity contribution in [2.75, 3.05) is 26.2 Å². The van der Waals surface area contributed by atoms with Gasteiger partial charge in [0.05, 0.1) is 0 Å². The second kappa shape index (κ2) is 9.93. The molecule has 1 aliphatic heterocycles. The molecule has 4 heteroatoms. The highest BCUT2D eigenvalue weighted by Gasteiger charge is 2.33. The molecule has 3 aliphatic rings. The van der Waals surface area contributed by atoms with E-state index in [0.717, 1.165) is 70.1 Å². The predicted molar refractivity (Wildman–Crippen MR) is 109 cm³/mol. The normalized spacial score (nSPS) is 32.8. The van der Waals surface area contributed by atoms with Crippen molar-refractivity contribution in [2.45, 2.75) is 84.5 Å². The van der Waals surface area contributed by atoms with E-state index in [-0.39, 0.29) is 11.8 Å². The molecule has 1 saturated heterocycles. The van der Waals surface area contributed by atoms with Crippen LogP contribution in [0.15, 0.2) is 0 Å². The van der Waals surface area contributed by atoms with Gasteiger partial charge < -0.3 is 9.80 Å². The number of amides is 2. The summed E-state index contributed by atoms with van der Waals surface area (Å²) in [5.74, 6) is 2.85. The smallest absolute Gasteiger partial charge is 0.225 e. The highest BCUT2D eigenvalue weighted by Crippen LogP contribution is 2.33. The highest BCUT2D eigenvalue weighted by atomic mass is 16.2. The maximum atomic E-state index is 13.0. The van der Waals surface area contributed by atoms with Crippen LogP contribution in [0.4, 0.5) is 0 Å². The van der Waals surface area contributed by atoms with Crippen LogP contribution in [0.5, 0.6) is 0 Å². The van der Waals surface area contributed by atoms with Gasteiger partial charge in [-0.15, -0.1) is 0 Å². The number of rotatable bonds is 4. The Morgan fingerprint density at radius 3 is 1.33 bits per heavy atom. The summed E-state index contributed by atoms with van der Waals surface area (Å²) in [6, 6.07) is 0. The predicted octanol–water partition coefficient (Wildman–Crippen LogP) is 4.48. The number of hydrogen-bond donors (Lipinski definition) is 0. The topological polar surface area (TPSA) is 40.6 Å². The van der Waals surface area contributed by atoms with E-state index in [0.29, 0.717) is 11.8 Å². The third kappa shape index (κ3) is 5.26. The fourth-order valence-electron chi connectivity index (χ4n) is 5.51. The summed E-state index contributed by atoms with van der Waals surface area (Å²) in [6.07, 6.45) is 12.6. The molecule has 1 heterocycles. The Balaban J connectivity index is 1.47. The molecule has 154 valence electrons. The summed E-state index contributed by atoms with van der Waals surface area (Å²) < 4.78 is 0. The Kier molecular flexibility index (Phi) is 7.60. The van der Waals surface area contributed by atoms with Gasteiger partial charge in [0.15, 0.2) is 0 Å². The van der Waals surface area contributed by atoms with E-state index >= 15 is 0 Å². The van der Waals surface area contributed by atoms with Crippen LogP contribution in [0, 0.1) is 23.7 Å². The monoisotopic (exact) mass is 376 g/mol. The quantitative estimate of drug-likeness (QED) is 0.726. The Morgan fingerprint density at radius 2 is 1.00 bits per heavy atom. The molecule has 0 aromatic carbocycles. The van der Waals surface area contributed by atoms with Crippen molar-refractivity contribution in [3.05, 3.63) is 0 Å². The van der Waals surface area contributed by atoms with E-state index in [2.05, 4.69) is 23.6 Å². The molecule has 0 aromatic heterocycles. The molecule has 0 N–H and O–H groups in total. The molecule has 0 unspecified atom stereocenters. The van der Waals surface area contributed by atoms with Gasteiger partial charge in [0.25, 0.3) is 0 Å². The van der Waals surface area contributed by atoms with E-state index in [1.165, 1.54) is 38.5 Å². The number of nitrogens with zero attached hydrogens (tertiary/aromatic N) is 2. The lowest BCUT2D eigenvalue weighted by molar-refractivity contribution is -0.139. The van der Waals surface area contributed by atoms with E-state index < -0.39 is 0 Å². The Labute approximate surface area is 166 Å². The van der Waals surface area contributed by atoms with Gasteiger partial charge in [0.1, 0.15) is 0 Å². The third-order valence-corrected chi connectivity index (χ3v) is 7.67. The van der Waals surface area contributed by atoms with Gasteiger partial charge in [0, 0.05) is 38.0 Å². The minimum Gasteiger partial charge on any atom is -0.341 e. The van der Waals surface area contributed by atoms with Crippen LogP contribution in [-0.4, -0.2) is 47.8 Å². The molecule has 0 spiro atoms. The third-order valence-electron chi connectivity index (χ3n) is 7.67. The first kappa shape index (κ1) is 20.7. The van der Waals surface area contributed by atoms with Gasteiger partial charge in [-0.2, -0.15) is 0 Å². The SMILES string of the molecule is CCC1CCC(C(=O)N2CCCN(C(=O)C3CCC(CC)CC3)CC2)CC1.